The fraction of sp³-hybridized carbons (Fsp3) is 0.167. The second-order valence-electron chi connectivity index (χ2n) is 5.27. The number of rotatable bonds is 7. The number of nitrogens with one attached hydrogen (secondary N) is 1. The molecule has 8 heteroatoms. The minimum Gasteiger partial charge on any atom is -0.490 e. The molecule has 0 saturated heterocycles. The van der Waals surface area contributed by atoms with Crippen molar-refractivity contribution in [3.05, 3.63) is 70.5 Å². The van der Waals surface area contributed by atoms with Crippen LogP contribution in [0, 0.1) is 10.6 Å². The number of hydrogen-bond donors (Lipinski definition) is 1. The third kappa shape index (κ3) is 4.34. The van der Waals surface area contributed by atoms with Crippen LogP contribution in [0.1, 0.15) is 18.1 Å². The topological polar surface area (TPSA) is 64.4 Å². The third-order valence-electron chi connectivity index (χ3n) is 3.48. The predicted octanol–water partition coefficient (Wildman–Crippen LogP) is 3.94. The zero-order valence-electron chi connectivity index (χ0n) is 14.1. The highest BCUT2D eigenvalue weighted by Gasteiger charge is 2.08. The summed E-state index contributed by atoms with van der Waals surface area (Å²) in [5.74, 6) is 0.793. The number of aromatic nitrogens is 3. The molecule has 3 rings (SSSR count). The van der Waals surface area contributed by atoms with Crippen LogP contribution in [-0.4, -0.2) is 27.7 Å². The standard InChI is InChI=1S/C18H17FN4O2S/c1-2-24-17-9-13(10-21-23-12-20-22-18(23)26)7-8-16(17)25-11-14-5-3-4-6-15(14)19/h3-10,12H,2,11H2,1H3,(H,22,26). The molecule has 134 valence electrons. The lowest BCUT2D eigenvalue weighted by molar-refractivity contribution is 0.266. The predicted molar refractivity (Wildman–Crippen MR) is 98.7 cm³/mol. The molecule has 26 heavy (non-hydrogen) atoms. The molecule has 0 atom stereocenters. The van der Waals surface area contributed by atoms with E-state index in [2.05, 4.69) is 15.3 Å². The Bertz CT molecular complexity index is 968. The van der Waals surface area contributed by atoms with E-state index >= 15 is 0 Å². The van der Waals surface area contributed by atoms with Crippen LogP contribution in [0.3, 0.4) is 0 Å². The van der Waals surface area contributed by atoms with Crippen molar-refractivity contribution in [3.63, 3.8) is 0 Å². The minimum absolute atomic E-state index is 0.115. The van der Waals surface area contributed by atoms with Crippen molar-refractivity contribution < 1.29 is 13.9 Å². The molecule has 1 aromatic heterocycles. The van der Waals surface area contributed by atoms with Gasteiger partial charge in [0.1, 0.15) is 18.8 Å². The molecule has 0 bridgehead atoms. The van der Waals surface area contributed by atoms with E-state index in [9.17, 15) is 4.39 Å². The SMILES string of the molecule is CCOc1cc(C=Nn2cn[nH]c2=S)ccc1OCc1ccccc1F. The van der Waals surface area contributed by atoms with Gasteiger partial charge in [-0.1, -0.05) is 18.2 Å². The third-order valence-corrected chi connectivity index (χ3v) is 3.75. The van der Waals surface area contributed by atoms with Crippen molar-refractivity contribution in [2.24, 2.45) is 5.10 Å². The zero-order valence-corrected chi connectivity index (χ0v) is 14.9. The Balaban J connectivity index is 1.78. The lowest BCUT2D eigenvalue weighted by Gasteiger charge is -2.13. The fourth-order valence-electron chi connectivity index (χ4n) is 2.22. The first-order valence-corrected chi connectivity index (χ1v) is 8.37. The lowest BCUT2D eigenvalue weighted by Crippen LogP contribution is -2.02. The molecule has 0 unspecified atom stereocenters. The Kier molecular flexibility index (Phi) is 5.75. The summed E-state index contributed by atoms with van der Waals surface area (Å²) in [6.45, 7) is 2.47. The number of H-pyrrole nitrogens is 1. The summed E-state index contributed by atoms with van der Waals surface area (Å²) >= 11 is 5.04. The molecule has 0 aliphatic carbocycles. The average Bonchev–Trinajstić information content (AvgIpc) is 3.05. The fourth-order valence-corrected chi connectivity index (χ4v) is 2.36. The van der Waals surface area contributed by atoms with Crippen LogP contribution in [0.25, 0.3) is 0 Å². The molecule has 0 spiro atoms. The van der Waals surface area contributed by atoms with Gasteiger partial charge in [0.15, 0.2) is 11.5 Å². The molecule has 0 amide bonds. The van der Waals surface area contributed by atoms with Crippen molar-refractivity contribution in [2.45, 2.75) is 13.5 Å². The smallest absolute Gasteiger partial charge is 0.216 e. The molecule has 0 aliphatic rings. The molecule has 0 radical (unpaired) electrons. The molecule has 6 nitrogen and oxygen atoms in total. The maximum absolute atomic E-state index is 13.7. The van der Waals surface area contributed by atoms with Crippen LogP contribution in [0.2, 0.25) is 0 Å². The Morgan fingerprint density at radius 1 is 1.23 bits per heavy atom. The summed E-state index contributed by atoms with van der Waals surface area (Å²) in [6, 6.07) is 11.9. The number of halogens is 1. The number of nitrogens with zero attached hydrogens (tertiary/aromatic N) is 3. The Morgan fingerprint density at radius 3 is 2.81 bits per heavy atom. The highest BCUT2D eigenvalue weighted by Crippen LogP contribution is 2.29. The molecule has 2 aromatic carbocycles. The summed E-state index contributed by atoms with van der Waals surface area (Å²) < 4.78 is 26.9. The van der Waals surface area contributed by atoms with Crippen molar-refractivity contribution in [2.75, 3.05) is 6.61 Å². The first-order chi connectivity index (χ1) is 12.7. The zero-order chi connectivity index (χ0) is 18.4. The highest BCUT2D eigenvalue weighted by molar-refractivity contribution is 7.71. The van der Waals surface area contributed by atoms with E-state index in [0.717, 1.165) is 5.56 Å². The molecular formula is C18H17FN4O2S. The van der Waals surface area contributed by atoms with E-state index in [1.807, 2.05) is 13.0 Å². The first-order valence-electron chi connectivity index (χ1n) is 7.97. The quantitative estimate of drug-likeness (QED) is 0.504. The Morgan fingerprint density at radius 2 is 2.08 bits per heavy atom. The average molecular weight is 372 g/mol. The van der Waals surface area contributed by atoms with Gasteiger partial charge in [0.05, 0.1) is 12.8 Å². The van der Waals surface area contributed by atoms with Gasteiger partial charge < -0.3 is 9.47 Å². The van der Waals surface area contributed by atoms with Crippen molar-refractivity contribution in [1.82, 2.24) is 14.9 Å². The van der Waals surface area contributed by atoms with Crippen LogP contribution in [0.4, 0.5) is 4.39 Å². The maximum Gasteiger partial charge on any atom is 0.216 e. The van der Waals surface area contributed by atoms with Crippen molar-refractivity contribution in [3.8, 4) is 11.5 Å². The van der Waals surface area contributed by atoms with Crippen LogP contribution >= 0.6 is 12.2 Å². The molecular weight excluding hydrogens is 355 g/mol. The van der Waals surface area contributed by atoms with Crippen LogP contribution in [0.15, 0.2) is 53.9 Å². The van der Waals surface area contributed by atoms with E-state index in [1.54, 1.807) is 36.5 Å². The summed E-state index contributed by atoms with van der Waals surface area (Å²) in [4.78, 5) is 0. The largest absolute Gasteiger partial charge is 0.490 e. The monoisotopic (exact) mass is 372 g/mol. The molecule has 0 aliphatic heterocycles. The van der Waals surface area contributed by atoms with Gasteiger partial charge in [-0.05, 0) is 49.0 Å². The highest BCUT2D eigenvalue weighted by atomic mass is 32.1. The number of aromatic amines is 1. The van der Waals surface area contributed by atoms with E-state index in [-0.39, 0.29) is 12.4 Å². The lowest BCUT2D eigenvalue weighted by atomic mass is 10.2. The minimum atomic E-state index is -0.300. The van der Waals surface area contributed by atoms with Gasteiger partial charge in [-0.3, -0.25) is 5.10 Å². The van der Waals surface area contributed by atoms with Gasteiger partial charge in [-0.15, -0.1) is 0 Å². The maximum atomic E-state index is 13.7. The van der Waals surface area contributed by atoms with Crippen molar-refractivity contribution >= 4 is 18.4 Å². The normalized spacial score (nSPS) is 11.0. The number of hydrogen-bond acceptors (Lipinski definition) is 5. The molecule has 1 heterocycles. The van der Waals surface area contributed by atoms with Crippen LogP contribution < -0.4 is 9.47 Å². The summed E-state index contributed by atoms with van der Waals surface area (Å²) in [6.07, 6.45) is 3.11. The van der Waals surface area contributed by atoms with Gasteiger partial charge >= 0.3 is 0 Å². The Labute approximate surface area is 154 Å². The van der Waals surface area contributed by atoms with Crippen LogP contribution in [-0.2, 0) is 6.61 Å². The van der Waals surface area contributed by atoms with E-state index in [4.69, 9.17) is 21.7 Å². The summed E-state index contributed by atoms with van der Waals surface area (Å²) in [5.41, 5.74) is 1.28. The van der Waals surface area contributed by atoms with Gasteiger partial charge in [-0.25, -0.2) is 4.39 Å². The van der Waals surface area contributed by atoms with E-state index < -0.39 is 0 Å². The van der Waals surface area contributed by atoms with E-state index in [1.165, 1.54) is 17.1 Å². The van der Waals surface area contributed by atoms with Gasteiger partial charge in [0.2, 0.25) is 4.77 Å². The van der Waals surface area contributed by atoms with Gasteiger partial charge in [0, 0.05) is 5.56 Å². The van der Waals surface area contributed by atoms with Gasteiger partial charge in [0.25, 0.3) is 0 Å². The molecule has 1 N–H and O–H groups in total. The number of benzene rings is 2. The molecule has 3 aromatic rings. The Hall–Kier alpha value is -3.00. The van der Waals surface area contributed by atoms with Crippen molar-refractivity contribution in [1.29, 1.82) is 0 Å². The second kappa shape index (κ2) is 8.39. The van der Waals surface area contributed by atoms with Crippen LogP contribution in [0.5, 0.6) is 11.5 Å². The van der Waals surface area contributed by atoms with E-state index in [0.29, 0.717) is 28.4 Å². The first kappa shape index (κ1) is 17.8. The molecule has 0 saturated carbocycles. The summed E-state index contributed by atoms with van der Waals surface area (Å²) in [5, 5.41) is 10.6. The number of ether oxygens (including phenoxy) is 2. The van der Waals surface area contributed by atoms with Gasteiger partial charge in [-0.2, -0.15) is 14.9 Å². The summed E-state index contributed by atoms with van der Waals surface area (Å²) in [7, 11) is 0. The molecule has 0 fully saturated rings. The second-order valence-corrected chi connectivity index (χ2v) is 5.66.